The van der Waals surface area contributed by atoms with E-state index in [1.54, 1.807) is 67.9 Å². The van der Waals surface area contributed by atoms with Crippen LogP contribution in [0.15, 0.2) is 83.0 Å². The van der Waals surface area contributed by atoms with Crippen LogP contribution in [0.2, 0.25) is 0 Å². The Balaban J connectivity index is 1.80. The van der Waals surface area contributed by atoms with Crippen LogP contribution in [-0.4, -0.2) is 33.8 Å². The molecule has 31 heavy (non-hydrogen) atoms. The second-order valence-electron chi connectivity index (χ2n) is 7.04. The number of halogens is 1. The Bertz CT molecular complexity index is 1140. The number of carbonyl (C=O) groups is 2. The summed E-state index contributed by atoms with van der Waals surface area (Å²) < 4.78 is 6.02. The van der Waals surface area contributed by atoms with Gasteiger partial charge in [0.1, 0.15) is 17.6 Å². The topological polar surface area (TPSA) is 79.7 Å². The number of aliphatic hydroxyl groups excluding tert-OH is 1. The molecule has 1 atom stereocenters. The second-order valence-corrected chi connectivity index (χ2v) is 7.95. The Morgan fingerprint density at radius 3 is 2.39 bits per heavy atom. The monoisotopic (exact) mass is 478 g/mol. The molecule has 1 fully saturated rings. The third kappa shape index (κ3) is 4.09. The zero-order valence-electron chi connectivity index (χ0n) is 16.7. The number of pyridine rings is 1. The van der Waals surface area contributed by atoms with E-state index in [1.807, 2.05) is 12.1 Å². The van der Waals surface area contributed by atoms with Crippen molar-refractivity contribution in [2.75, 3.05) is 7.11 Å². The normalized spacial score (nSPS) is 17.7. The molecular formula is C24H19BrN2O4. The molecule has 0 saturated carbocycles. The number of benzene rings is 2. The lowest BCUT2D eigenvalue weighted by atomic mass is 9.98. The number of aliphatic hydroxyl groups is 1. The Kier molecular flexibility index (Phi) is 5.86. The SMILES string of the molecule is COc1ccc(CN2C(=O)C(=O)/C(=C(\O)c3ccc(Br)cc3)C2c2ccccn2)cc1. The molecule has 3 aromatic rings. The maximum absolute atomic E-state index is 13.0. The van der Waals surface area contributed by atoms with Gasteiger partial charge in [-0.25, -0.2) is 0 Å². The first-order chi connectivity index (χ1) is 15.0. The first-order valence-corrected chi connectivity index (χ1v) is 10.4. The minimum absolute atomic E-state index is 0.0273. The molecule has 1 saturated heterocycles. The first kappa shape index (κ1) is 20.8. The van der Waals surface area contributed by atoms with Crippen molar-refractivity contribution in [1.29, 1.82) is 0 Å². The molecule has 2 heterocycles. The van der Waals surface area contributed by atoms with E-state index >= 15 is 0 Å². The van der Waals surface area contributed by atoms with Crippen LogP contribution >= 0.6 is 15.9 Å². The number of hydrogen-bond acceptors (Lipinski definition) is 5. The fourth-order valence-corrected chi connectivity index (χ4v) is 3.84. The van der Waals surface area contributed by atoms with Crippen LogP contribution in [0.1, 0.15) is 22.9 Å². The quantitative estimate of drug-likeness (QED) is 0.332. The number of rotatable bonds is 5. The standard InChI is InChI=1S/C24H19BrN2O4/c1-31-18-11-5-15(6-12-18)14-27-21(19-4-2-3-13-26-19)20(23(29)24(27)30)22(28)16-7-9-17(25)10-8-16/h2-13,21,28H,14H2,1H3/b22-20-. The smallest absolute Gasteiger partial charge is 0.296 e. The summed E-state index contributed by atoms with van der Waals surface area (Å²) in [5, 5.41) is 11.0. The average Bonchev–Trinajstić information content (AvgIpc) is 3.05. The van der Waals surface area contributed by atoms with Crippen LogP contribution < -0.4 is 4.74 Å². The zero-order chi connectivity index (χ0) is 22.0. The Hall–Kier alpha value is -3.45. The van der Waals surface area contributed by atoms with Gasteiger partial charge in [-0.1, -0.05) is 46.3 Å². The van der Waals surface area contributed by atoms with Crippen molar-refractivity contribution in [1.82, 2.24) is 9.88 Å². The molecule has 1 aliphatic rings. The summed E-state index contributed by atoms with van der Waals surface area (Å²) >= 11 is 3.36. The third-order valence-electron chi connectivity index (χ3n) is 5.14. The molecule has 1 aromatic heterocycles. The molecule has 2 aromatic carbocycles. The van der Waals surface area contributed by atoms with Crippen molar-refractivity contribution in [2.24, 2.45) is 0 Å². The summed E-state index contributed by atoms with van der Waals surface area (Å²) in [5.41, 5.74) is 1.81. The van der Waals surface area contributed by atoms with Gasteiger partial charge in [0.25, 0.3) is 11.7 Å². The molecule has 1 N–H and O–H groups in total. The third-order valence-corrected chi connectivity index (χ3v) is 5.67. The maximum atomic E-state index is 13.0. The zero-order valence-corrected chi connectivity index (χ0v) is 18.2. The van der Waals surface area contributed by atoms with Gasteiger partial charge in [-0.05, 0) is 42.0 Å². The minimum atomic E-state index is -0.799. The lowest BCUT2D eigenvalue weighted by molar-refractivity contribution is -0.140. The van der Waals surface area contributed by atoms with Crippen molar-refractivity contribution in [3.05, 3.63) is 99.8 Å². The Labute approximate surface area is 187 Å². The molecule has 0 bridgehead atoms. The highest BCUT2D eigenvalue weighted by atomic mass is 79.9. The number of carbonyl (C=O) groups excluding carboxylic acids is 2. The van der Waals surface area contributed by atoms with Crippen LogP contribution in [-0.2, 0) is 16.1 Å². The highest BCUT2D eigenvalue weighted by molar-refractivity contribution is 9.10. The van der Waals surface area contributed by atoms with Gasteiger partial charge in [0, 0.05) is 22.8 Å². The van der Waals surface area contributed by atoms with E-state index in [9.17, 15) is 14.7 Å². The fourth-order valence-electron chi connectivity index (χ4n) is 3.58. The van der Waals surface area contributed by atoms with Gasteiger partial charge in [0.15, 0.2) is 0 Å². The number of likely N-dealkylation sites (tertiary alicyclic amines) is 1. The van der Waals surface area contributed by atoms with E-state index in [1.165, 1.54) is 4.90 Å². The number of ether oxygens (including phenoxy) is 1. The van der Waals surface area contributed by atoms with Crippen molar-refractivity contribution in [2.45, 2.75) is 12.6 Å². The highest BCUT2D eigenvalue weighted by Crippen LogP contribution is 2.39. The molecule has 1 amide bonds. The molecule has 0 radical (unpaired) electrons. The molecule has 1 aliphatic heterocycles. The molecule has 7 heteroatoms. The van der Waals surface area contributed by atoms with Gasteiger partial charge in [0.2, 0.25) is 0 Å². The number of methoxy groups -OCH3 is 1. The number of Topliss-reactive ketones (excluding diaryl/α,β-unsaturated/α-hetero) is 1. The summed E-state index contributed by atoms with van der Waals surface area (Å²) in [6.45, 7) is 0.187. The van der Waals surface area contributed by atoms with Crippen LogP contribution in [0, 0.1) is 0 Å². The number of hydrogen-bond donors (Lipinski definition) is 1. The van der Waals surface area contributed by atoms with Crippen LogP contribution in [0.25, 0.3) is 5.76 Å². The molecule has 4 rings (SSSR count). The largest absolute Gasteiger partial charge is 0.507 e. The maximum Gasteiger partial charge on any atom is 0.296 e. The molecule has 6 nitrogen and oxygen atoms in total. The second kappa shape index (κ2) is 8.73. The minimum Gasteiger partial charge on any atom is -0.507 e. The summed E-state index contributed by atoms with van der Waals surface area (Å²) in [6, 6.07) is 18.6. The molecular weight excluding hydrogens is 460 g/mol. The molecule has 1 unspecified atom stereocenters. The van der Waals surface area contributed by atoms with Crippen molar-refractivity contribution < 1.29 is 19.4 Å². The fraction of sp³-hybridized carbons (Fsp3) is 0.125. The van der Waals surface area contributed by atoms with Crippen LogP contribution in [0.4, 0.5) is 0 Å². The van der Waals surface area contributed by atoms with E-state index in [0.29, 0.717) is 17.0 Å². The number of amides is 1. The molecule has 0 aliphatic carbocycles. The lowest BCUT2D eigenvalue weighted by Gasteiger charge is -2.24. The molecule has 156 valence electrons. The average molecular weight is 479 g/mol. The van der Waals surface area contributed by atoms with Crippen molar-refractivity contribution in [3.8, 4) is 5.75 Å². The van der Waals surface area contributed by atoms with Crippen LogP contribution in [0.3, 0.4) is 0 Å². The van der Waals surface area contributed by atoms with Crippen LogP contribution in [0.5, 0.6) is 5.75 Å². The predicted octanol–water partition coefficient (Wildman–Crippen LogP) is 4.47. The van der Waals surface area contributed by atoms with E-state index in [2.05, 4.69) is 20.9 Å². The summed E-state index contributed by atoms with van der Waals surface area (Å²) in [6.07, 6.45) is 1.60. The van der Waals surface area contributed by atoms with Gasteiger partial charge >= 0.3 is 0 Å². The number of nitrogens with zero attached hydrogens (tertiary/aromatic N) is 2. The molecule has 0 spiro atoms. The lowest BCUT2D eigenvalue weighted by Crippen LogP contribution is -2.29. The van der Waals surface area contributed by atoms with E-state index in [4.69, 9.17) is 4.74 Å². The number of ketones is 1. The van der Waals surface area contributed by atoms with E-state index < -0.39 is 17.7 Å². The van der Waals surface area contributed by atoms with Crippen molar-refractivity contribution in [3.63, 3.8) is 0 Å². The Morgan fingerprint density at radius 1 is 1.06 bits per heavy atom. The van der Waals surface area contributed by atoms with E-state index in [0.717, 1.165) is 10.0 Å². The summed E-state index contributed by atoms with van der Waals surface area (Å²) in [7, 11) is 1.58. The summed E-state index contributed by atoms with van der Waals surface area (Å²) in [4.78, 5) is 31.8. The summed E-state index contributed by atoms with van der Waals surface area (Å²) in [5.74, 6) is -0.934. The predicted molar refractivity (Wildman–Crippen MR) is 119 cm³/mol. The van der Waals surface area contributed by atoms with Gasteiger partial charge < -0.3 is 14.7 Å². The van der Waals surface area contributed by atoms with Gasteiger partial charge in [-0.3, -0.25) is 14.6 Å². The number of aromatic nitrogens is 1. The van der Waals surface area contributed by atoms with E-state index in [-0.39, 0.29) is 17.9 Å². The van der Waals surface area contributed by atoms with Gasteiger partial charge in [-0.2, -0.15) is 0 Å². The van der Waals surface area contributed by atoms with Gasteiger partial charge in [0.05, 0.1) is 18.4 Å². The van der Waals surface area contributed by atoms with Gasteiger partial charge in [-0.15, -0.1) is 0 Å². The highest BCUT2D eigenvalue weighted by Gasteiger charge is 2.46. The van der Waals surface area contributed by atoms with Crippen molar-refractivity contribution >= 4 is 33.4 Å². The Morgan fingerprint density at radius 2 is 1.77 bits per heavy atom. The first-order valence-electron chi connectivity index (χ1n) is 9.58.